The molecule has 0 unspecified atom stereocenters. The fourth-order valence-electron chi connectivity index (χ4n) is 3.75. The number of benzene rings is 2. The molecule has 0 bridgehead atoms. The first-order valence-electron chi connectivity index (χ1n) is 10.4. The molecule has 0 radical (unpaired) electrons. The Morgan fingerprint density at radius 1 is 1.21 bits per heavy atom. The molecular weight excluding hydrogens is 380 g/mol. The number of rotatable bonds is 8. The number of nitrogens with zero attached hydrogens (tertiary/aromatic N) is 1. The van der Waals surface area contributed by atoms with E-state index in [0.717, 1.165) is 36.1 Å². The Kier molecular flexibility index (Phi) is 7.87. The summed E-state index contributed by atoms with van der Waals surface area (Å²) in [5, 5.41) is 3.11. The van der Waals surface area contributed by atoms with Gasteiger partial charge in [0.05, 0.1) is 18.9 Å². The van der Waals surface area contributed by atoms with E-state index in [4.69, 9.17) is 4.74 Å². The molecule has 2 aromatic carbocycles. The number of amides is 1. The minimum absolute atomic E-state index is 0.0124. The van der Waals surface area contributed by atoms with E-state index < -0.39 is 0 Å². The number of ether oxygens (including phenoxy) is 1. The van der Waals surface area contributed by atoms with Crippen LogP contribution >= 0.6 is 11.8 Å². The van der Waals surface area contributed by atoms with E-state index in [-0.39, 0.29) is 11.9 Å². The lowest BCUT2D eigenvalue weighted by Crippen LogP contribution is -2.34. The molecular formula is C24H32N2O2S. The van der Waals surface area contributed by atoms with Crippen LogP contribution in [0.1, 0.15) is 43.9 Å². The smallest absolute Gasteiger partial charge is 0.230 e. The van der Waals surface area contributed by atoms with Crippen molar-refractivity contribution < 1.29 is 9.53 Å². The highest BCUT2D eigenvalue weighted by Crippen LogP contribution is 2.25. The third kappa shape index (κ3) is 6.43. The number of carbonyl (C=O) groups is 1. The predicted octanol–water partition coefficient (Wildman–Crippen LogP) is 5.04. The highest BCUT2D eigenvalue weighted by atomic mass is 32.2. The van der Waals surface area contributed by atoms with Gasteiger partial charge in [0.25, 0.3) is 0 Å². The van der Waals surface area contributed by atoms with Crippen molar-refractivity contribution in [3.05, 3.63) is 59.7 Å². The van der Waals surface area contributed by atoms with E-state index in [1.807, 2.05) is 31.2 Å². The zero-order chi connectivity index (χ0) is 20.6. The third-order valence-corrected chi connectivity index (χ3v) is 6.46. The Morgan fingerprint density at radius 2 is 1.93 bits per heavy atom. The molecule has 2 atom stereocenters. The lowest BCUT2D eigenvalue weighted by molar-refractivity contribution is -0.119. The third-order valence-electron chi connectivity index (χ3n) is 5.45. The summed E-state index contributed by atoms with van der Waals surface area (Å²) in [5.74, 6) is 2.96. The molecule has 1 aliphatic rings. The van der Waals surface area contributed by atoms with Gasteiger partial charge in [-0.25, -0.2) is 0 Å². The lowest BCUT2D eigenvalue weighted by atomic mass is 9.99. The maximum atomic E-state index is 12.3. The summed E-state index contributed by atoms with van der Waals surface area (Å²) < 4.78 is 5.17. The average Bonchev–Trinajstić information content (AvgIpc) is 2.74. The summed E-state index contributed by atoms with van der Waals surface area (Å²) in [4.78, 5) is 14.8. The number of methoxy groups -OCH3 is 1. The number of carbonyl (C=O) groups excluding carboxylic acids is 1. The van der Waals surface area contributed by atoms with Gasteiger partial charge in [-0.2, -0.15) is 0 Å². The van der Waals surface area contributed by atoms with Crippen LogP contribution in [-0.4, -0.2) is 31.9 Å². The summed E-state index contributed by atoms with van der Waals surface area (Å²) in [7, 11) is 1.66. The zero-order valence-corrected chi connectivity index (χ0v) is 18.5. The number of hydrogen-bond acceptors (Lipinski definition) is 4. The van der Waals surface area contributed by atoms with E-state index in [1.54, 1.807) is 18.9 Å². The first kappa shape index (κ1) is 21.6. The van der Waals surface area contributed by atoms with Crippen molar-refractivity contribution in [3.8, 4) is 5.75 Å². The van der Waals surface area contributed by atoms with Crippen LogP contribution in [-0.2, 0) is 10.5 Å². The molecule has 156 valence electrons. The van der Waals surface area contributed by atoms with E-state index in [0.29, 0.717) is 5.75 Å². The minimum Gasteiger partial charge on any atom is -0.497 e. The molecule has 1 heterocycles. The van der Waals surface area contributed by atoms with Crippen LogP contribution in [0.25, 0.3) is 0 Å². The van der Waals surface area contributed by atoms with E-state index in [1.165, 1.54) is 24.1 Å². The predicted molar refractivity (Wildman–Crippen MR) is 123 cm³/mol. The molecule has 3 rings (SSSR count). The molecule has 1 N–H and O–H groups in total. The topological polar surface area (TPSA) is 41.6 Å². The van der Waals surface area contributed by atoms with Gasteiger partial charge in [-0.1, -0.05) is 31.2 Å². The second kappa shape index (κ2) is 10.6. The van der Waals surface area contributed by atoms with Crippen LogP contribution in [0.2, 0.25) is 0 Å². The Labute approximate surface area is 179 Å². The highest BCUT2D eigenvalue weighted by molar-refractivity contribution is 7.99. The Balaban J connectivity index is 1.43. The quantitative estimate of drug-likeness (QED) is 0.659. The summed E-state index contributed by atoms with van der Waals surface area (Å²) >= 11 is 1.63. The molecule has 4 nitrogen and oxygen atoms in total. The van der Waals surface area contributed by atoms with Gasteiger partial charge in [0.2, 0.25) is 5.91 Å². The normalized spacial score (nSPS) is 17.6. The maximum absolute atomic E-state index is 12.3. The van der Waals surface area contributed by atoms with Crippen molar-refractivity contribution in [2.24, 2.45) is 5.92 Å². The zero-order valence-electron chi connectivity index (χ0n) is 17.7. The summed E-state index contributed by atoms with van der Waals surface area (Å²) in [6.45, 7) is 6.65. The van der Waals surface area contributed by atoms with Crippen LogP contribution in [0.3, 0.4) is 0 Å². The van der Waals surface area contributed by atoms with E-state index >= 15 is 0 Å². The van der Waals surface area contributed by atoms with Crippen LogP contribution < -0.4 is 15.0 Å². The van der Waals surface area contributed by atoms with Crippen molar-refractivity contribution in [3.63, 3.8) is 0 Å². The first-order chi connectivity index (χ1) is 14.0. The van der Waals surface area contributed by atoms with Gasteiger partial charge in [0, 0.05) is 24.5 Å². The maximum Gasteiger partial charge on any atom is 0.230 e. The molecule has 1 aliphatic heterocycles. The van der Waals surface area contributed by atoms with Crippen molar-refractivity contribution in [2.75, 3.05) is 30.9 Å². The standard InChI is InChI=1S/C24H32N2O2S/c1-18-5-4-14-26(15-18)22-10-8-21(9-11-22)19(2)25-24(27)17-29-16-20-6-12-23(28-3)13-7-20/h6-13,18-19H,4-5,14-17H2,1-3H3,(H,25,27)/t18-,19-/m0/s1. The molecule has 0 aromatic heterocycles. The SMILES string of the molecule is COc1ccc(CSCC(=O)N[C@@H](C)c2ccc(N3CCC[C@H](C)C3)cc2)cc1. The van der Waals surface area contributed by atoms with Gasteiger partial charge in [0.1, 0.15) is 5.75 Å². The van der Waals surface area contributed by atoms with Crippen LogP contribution in [0.4, 0.5) is 5.69 Å². The van der Waals surface area contributed by atoms with Gasteiger partial charge >= 0.3 is 0 Å². The molecule has 2 aromatic rings. The van der Waals surface area contributed by atoms with Crippen LogP contribution in [0.15, 0.2) is 48.5 Å². The van der Waals surface area contributed by atoms with Crippen molar-refractivity contribution in [1.82, 2.24) is 5.32 Å². The fourth-order valence-corrected chi connectivity index (χ4v) is 4.55. The van der Waals surface area contributed by atoms with Crippen LogP contribution in [0.5, 0.6) is 5.75 Å². The first-order valence-corrected chi connectivity index (χ1v) is 11.6. The lowest BCUT2D eigenvalue weighted by Gasteiger charge is -2.33. The Hall–Kier alpha value is -2.14. The second-order valence-corrected chi connectivity index (χ2v) is 8.90. The van der Waals surface area contributed by atoms with E-state index in [2.05, 4.69) is 41.4 Å². The molecule has 0 saturated carbocycles. The average molecular weight is 413 g/mol. The number of hydrogen-bond donors (Lipinski definition) is 1. The Bertz CT molecular complexity index is 776. The van der Waals surface area contributed by atoms with E-state index in [9.17, 15) is 4.79 Å². The van der Waals surface area contributed by atoms with Gasteiger partial charge in [-0.15, -0.1) is 11.8 Å². The molecule has 1 fully saturated rings. The molecule has 5 heteroatoms. The summed E-state index contributed by atoms with van der Waals surface area (Å²) in [6.07, 6.45) is 2.59. The van der Waals surface area contributed by atoms with Crippen molar-refractivity contribution in [2.45, 2.75) is 38.5 Å². The molecule has 0 aliphatic carbocycles. The largest absolute Gasteiger partial charge is 0.497 e. The molecule has 1 saturated heterocycles. The number of nitrogens with one attached hydrogen (secondary N) is 1. The number of thioether (sulfide) groups is 1. The summed E-state index contributed by atoms with van der Waals surface area (Å²) in [6, 6.07) is 16.7. The molecule has 29 heavy (non-hydrogen) atoms. The van der Waals surface area contributed by atoms with Crippen molar-refractivity contribution in [1.29, 1.82) is 0 Å². The Morgan fingerprint density at radius 3 is 2.59 bits per heavy atom. The number of anilines is 1. The van der Waals surface area contributed by atoms with Gasteiger partial charge in [0.15, 0.2) is 0 Å². The second-order valence-electron chi connectivity index (χ2n) is 7.92. The van der Waals surface area contributed by atoms with Crippen LogP contribution in [0, 0.1) is 5.92 Å². The fraction of sp³-hybridized carbons (Fsp3) is 0.458. The highest BCUT2D eigenvalue weighted by Gasteiger charge is 2.17. The summed E-state index contributed by atoms with van der Waals surface area (Å²) in [5.41, 5.74) is 3.63. The number of piperidine rings is 1. The monoisotopic (exact) mass is 412 g/mol. The van der Waals surface area contributed by atoms with Gasteiger partial charge in [-0.3, -0.25) is 4.79 Å². The van der Waals surface area contributed by atoms with Gasteiger partial charge < -0.3 is 15.0 Å². The molecule has 1 amide bonds. The van der Waals surface area contributed by atoms with Gasteiger partial charge in [-0.05, 0) is 61.1 Å². The molecule has 0 spiro atoms. The van der Waals surface area contributed by atoms with Crippen molar-refractivity contribution >= 4 is 23.4 Å². The minimum atomic E-state index is 0.0124.